The average molecular weight is 210 g/mol. The fourth-order valence-corrected chi connectivity index (χ4v) is 2.91. The van der Waals surface area contributed by atoms with Gasteiger partial charge in [0.15, 0.2) is 5.69 Å². The molecule has 0 fully saturated rings. The first-order valence-corrected chi connectivity index (χ1v) is 5.66. The van der Waals surface area contributed by atoms with E-state index in [0.29, 0.717) is 6.04 Å². The van der Waals surface area contributed by atoms with Gasteiger partial charge in [-0.15, -0.1) is 0 Å². The normalized spacial score (nSPS) is 22.1. The molecule has 80 valence electrons. The largest absolute Gasteiger partial charge is 0.342 e. The molecular weight excluding hydrogens is 196 g/mol. The maximum Gasteiger partial charge on any atom is 0.187 e. The predicted octanol–water partition coefficient (Wildman–Crippen LogP) is 3.67. The Labute approximate surface area is 96.0 Å². The van der Waals surface area contributed by atoms with E-state index in [0.717, 1.165) is 12.1 Å². The molecule has 0 amide bonds. The molecule has 0 bridgehead atoms. The minimum Gasteiger partial charge on any atom is -0.342 e. The molecule has 2 nitrogen and oxygen atoms in total. The van der Waals surface area contributed by atoms with Gasteiger partial charge in [-0.1, -0.05) is 17.7 Å². The summed E-state index contributed by atoms with van der Waals surface area (Å²) in [5.74, 6) is 0. The quantitative estimate of drug-likeness (QED) is 0.593. The zero-order valence-corrected chi connectivity index (χ0v) is 9.62. The Morgan fingerprint density at radius 3 is 2.88 bits per heavy atom. The first-order chi connectivity index (χ1) is 7.70. The highest BCUT2D eigenvalue weighted by molar-refractivity contribution is 5.70. The van der Waals surface area contributed by atoms with Crippen molar-refractivity contribution >= 4 is 11.4 Å². The molecule has 0 saturated carbocycles. The lowest BCUT2D eigenvalue weighted by Gasteiger charge is -2.21. The van der Waals surface area contributed by atoms with Crippen LogP contribution in [-0.2, 0) is 6.42 Å². The number of benzene rings is 1. The summed E-state index contributed by atoms with van der Waals surface area (Å²) in [5, 5.41) is 0. The Morgan fingerprint density at radius 1 is 1.31 bits per heavy atom. The van der Waals surface area contributed by atoms with Crippen LogP contribution in [0.3, 0.4) is 0 Å². The van der Waals surface area contributed by atoms with Crippen LogP contribution in [0.2, 0.25) is 0 Å². The van der Waals surface area contributed by atoms with E-state index in [2.05, 4.69) is 29.7 Å². The fraction of sp³-hybridized carbons (Fsp3) is 0.357. The predicted molar refractivity (Wildman–Crippen MR) is 65.7 cm³/mol. The average Bonchev–Trinajstić information content (AvgIpc) is 2.76. The van der Waals surface area contributed by atoms with Gasteiger partial charge in [0.05, 0.1) is 6.57 Å². The molecule has 2 aliphatic heterocycles. The first kappa shape index (κ1) is 9.47. The van der Waals surface area contributed by atoms with E-state index >= 15 is 0 Å². The van der Waals surface area contributed by atoms with Crippen LogP contribution in [0.1, 0.15) is 25.8 Å². The minimum absolute atomic E-state index is 0.607. The SMILES string of the molecule is [C-]#[N+]c1ccc2c(c1)CC1CC(C)=C(C)N21. The van der Waals surface area contributed by atoms with E-state index in [1.54, 1.807) is 0 Å². The van der Waals surface area contributed by atoms with Gasteiger partial charge >= 0.3 is 0 Å². The smallest absolute Gasteiger partial charge is 0.187 e. The van der Waals surface area contributed by atoms with Gasteiger partial charge < -0.3 is 4.90 Å². The van der Waals surface area contributed by atoms with Crippen molar-refractivity contribution in [3.63, 3.8) is 0 Å². The molecule has 1 aromatic rings. The Balaban J connectivity index is 2.10. The van der Waals surface area contributed by atoms with E-state index in [-0.39, 0.29) is 0 Å². The second-order valence-corrected chi connectivity index (χ2v) is 4.72. The lowest BCUT2D eigenvalue weighted by molar-refractivity contribution is 0.709. The minimum atomic E-state index is 0.607. The molecule has 1 unspecified atom stereocenters. The molecule has 2 heteroatoms. The van der Waals surface area contributed by atoms with Crippen molar-refractivity contribution < 1.29 is 0 Å². The zero-order valence-electron chi connectivity index (χ0n) is 9.62. The van der Waals surface area contributed by atoms with Crippen LogP contribution in [0.4, 0.5) is 11.4 Å². The summed E-state index contributed by atoms with van der Waals surface area (Å²) in [6.07, 6.45) is 2.27. The van der Waals surface area contributed by atoms with E-state index in [4.69, 9.17) is 6.57 Å². The van der Waals surface area contributed by atoms with Crippen LogP contribution in [0, 0.1) is 6.57 Å². The van der Waals surface area contributed by atoms with Gasteiger partial charge in [0.1, 0.15) is 0 Å². The van der Waals surface area contributed by atoms with Crippen molar-refractivity contribution in [1.82, 2.24) is 0 Å². The maximum atomic E-state index is 7.04. The van der Waals surface area contributed by atoms with Crippen LogP contribution >= 0.6 is 0 Å². The molecular formula is C14H14N2. The molecule has 0 aliphatic carbocycles. The highest BCUT2D eigenvalue weighted by Crippen LogP contribution is 2.43. The number of fused-ring (bicyclic) bond motifs is 3. The topological polar surface area (TPSA) is 7.60 Å². The second-order valence-electron chi connectivity index (χ2n) is 4.72. The zero-order chi connectivity index (χ0) is 11.3. The number of rotatable bonds is 0. The van der Waals surface area contributed by atoms with Crippen molar-refractivity contribution in [1.29, 1.82) is 0 Å². The lowest BCUT2D eigenvalue weighted by Crippen LogP contribution is -2.24. The number of hydrogen-bond donors (Lipinski definition) is 0. The van der Waals surface area contributed by atoms with E-state index in [9.17, 15) is 0 Å². The summed E-state index contributed by atoms with van der Waals surface area (Å²) >= 11 is 0. The summed E-state index contributed by atoms with van der Waals surface area (Å²) in [6.45, 7) is 11.5. The molecule has 0 spiro atoms. The van der Waals surface area contributed by atoms with Gasteiger partial charge in [-0.2, -0.15) is 0 Å². The number of nitrogens with zero attached hydrogens (tertiary/aromatic N) is 2. The molecule has 0 aromatic heterocycles. The molecule has 0 N–H and O–H groups in total. The van der Waals surface area contributed by atoms with Crippen molar-refractivity contribution in [3.8, 4) is 0 Å². The van der Waals surface area contributed by atoms with Gasteiger partial charge in [0.2, 0.25) is 0 Å². The molecule has 0 saturated heterocycles. The third kappa shape index (κ3) is 1.12. The van der Waals surface area contributed by atoms with Gasteiger partial charge in [0.25, 0.3) is 0 Å². The number of hydrogen-bond acceptors (Lipinski definition) is 1. The van der Waals surface area contributed by atoms with E-state index in [1.165, 1.54) is 28.9 Å². The lowest BCUT2D eigenvalue weighted by atomic mass is 10.0. The Bertz CT molecular complexity index is 534. The summed E-state index contributed by atoms with van der Waals surface area (Å²) in [6, 6.07) is 6.68. The summed E-state index contributed by atoms with van der Waals surface area (Å²) in [5.41, 5.74) is 6.32. The number of anilines is 1. The molecule has 3 rings (SSSR count). The van der Waals surface area contributed by atoms with Crippen LogP contribution in [0.15, 0.2) is 29.5 Å². The maximum absolute atomic E-state index is 7.04. The molecule has 2 heterocycles. The van der Waals surface area contributed by atoms with Crippen molar-refractivity contribution in [2.75, 3.05) is 4.90 Å². The van der Waals surface area contributed by atoms with Gasteiger partial charge in [-0.25, -0.2) is 4.85 Å². The van der Waals surface area contributed by atoms with Crippen molar-refractivity contribution in [3.05, 3.63) is 46.4 Å². The van der Waals surface area contributed by atoms with Crippen LogP contribution in [0.25, 0.3) is 4.85 Å². The monoisotopic (exact) mass is 210 g/mol. The van der Waals surface area contributed by atoms with Crippen LogP contribution in [-0.4, -0.2) is 6.04 Å². The van der Waals surface area contributed by atoms with Crippen LogP contribution in [0.5, 0.6) is 0 Å². The molecule has 1 aromatic carbocycles. The Hall–Kier alpha value is -1.75. The number of allylic oxidation sites excluding steroid dienone is 1. The van der Waals surface area contributed by atoms with Gasteiger partial charge in [-0.3, -0.25) is 0 Å². The third-order valence-electron chi connectivity index (χ3n) is 3.79. The molecule has 0 radical (unpaired) electrons. The van der Waals surface area contributed by atoms with Gasteiger partial charge in [0, 0.05) is 17.4 Å². The Kier molecular flexibility index (Phi) is 1.85. The van der Waals surface area contributed by atoms with E-state index < -0.39 is 0 Å². The van der Waals surface area contributed by atoms with Crippen LogP contribution < -0.4 is 4.90 Å². The summed E-state index contributed by atoms with van der Waals surface area (Å²) in [7, 11) is 0. The summed E-state index contributed by atoms with van der Waals surface area (Å²) < 4.78 is 0. The second kappa shape index (κ2) is 3.12. The first-order valence-electron chi connectivity index (χ1n) is 5.66. The molecule has 2 aliphatic rings. The van der Waals surface area contributed by atoms with Crippen molar-refractivity contribution in [2.45, 2.75) is 32.7 Å². The highest BCUT2D eigenvalue weighted by Gasteiger charge is 2.35. The summed E-state index contributed by atoms with van der Waals surface area (Å²) in [4.78, 5) is 5.94. The highest BCUT2D eigenvalue weighted by atomic mass is 15.2. The molecule has 16 heavy (non-hydrogen) atoms. The Morgan fingerprint density at radius 2 is 2.12 bits per heavy atom. The van der Waals surface area contributed by atoms with E-state index in [1.807, 2.05) is 12.1 Å². The third-order valence-corrected chi connectivity index (χ3v) is 3.79. The molecule has 1 atom stereocenters. The van der Waals surface area contributed by atoms with Gasteiger partial charge in [-0.05, 0) is 38.3 Å². The fourth-order valence-electron chi connectivity index (χ4n) is 2.91. The standard InChI is InChI=1S/C14H14N2/c1-9-6-13-8-11-7-12(15-3)4-5-14(11)16(13)10(9)2/h4-5,7,13H,6,8H2,1-2H3. The van der Waals surface area contributed by atoms with Crippen molar-refractivity contribution in [2.24, 2.45) is 0 Å².